The quantitative estimate of drug-likeness (QED) is 0.643. The molecule has 156 valence electrons. The molecule has 2 aromatic heterocycles. The van der Waals surface area contributed by atoms with E-state index in [9.17, 15) is 13.5 Å². The van der Waals surface area contributed by atoms with Crippen LogP contribution in [0, 0.1) is 11.8 Å². The second-order valence-corrected chi connectivity index (χ2v) is 9.75. The number of ether oxygens (including phenoxy) is 1. The van der Waals surface area contributed by atoms with Crippen molar-refractivity contribution in [1.82, 2.24) is 19.5 Å². The van der Waals surface area contributed by atoms with Crippen LogP contribution in [0.25, 0.3) is 11.2 Å². The Morgan fingerprint density at radius 2 is 2.18 bits per heavy atom. The lowest BCUT2D eigenvalue weighted by molar-refractivity contribution is 0.130. The van der Waals surface area contributed by atoms with E-state index in [1.54, 1.807) is 6.33 Å². The fourth-order valence-electron chi connectivity index (χ4n) is 3.94. The third-order valence-electron chi connectivity index (χ3n) is 5.37. The van der Waals surface area contributed by atoms with E-state index < -0.39 is 9.84 Å². The van der Waals surface area contributed by atoms with E-state index in [1.807, 2.05) is 23.3 Å². The maximum Gasteiger partial charge on any atom is 0.165 e. The maximum absolute atomic E-state index is 11.7. The lowest BCUT2D eigenvalue weighted by atomic mass is 9.92. The number of sulfone groups is 1. The molecule has 1 N–H and O–H groups in total. The molecule has 3 rings (SSSR count). The number of imidazole rings is 1. The molecule has 3 unspecified atom stereocenters. The van der Waals surface area contributed by atoms with Crippen molar-refractivity contribution in [2.24, 2.45) is 11.8 Å². The summed E-state index contributed by atoms with van der Waals surface area (Å²) in [6.07, 6.45) is 5.39. The van der Waals surface area contributed by atoms with Gasteiger partial charge in [-0.1, -0.05) is 0 Å². The Hall–Kier alpha value is -1.78. The molecule has 1 fully saturated rings. The van der Waals surface area contributed by atoms with Gasteiger partial charge in [0.25, 0.3) is 0 Å². The van der Waals surface area contributed by atoms with Crippen LogP contribution in [0.1, 0.15) is 20.3 Å². The predicted octanol–water partition coefficient (Wildman–Crippen LogP) is 0.731. The molecule has 0 aromatic carbocycles. The molecule has 28 heavy (non-hydrogen) atoms. The van der Waals surface area contributed by atoms with Gasteiger partial charge in [0.2, 0.25) is 0 Å². The topological polar surface area (TPSA) is 110 Å². The fourth-order valence-corrected chi connectivity index (χ4v) is 5.00. The van der Waals surface area contributed by atoms with Gasteiger partial charge in [-0.15, -0.1) is 0 Å². The zero-order valence-corrected chi connectivity index (χ0v) is 17.5. The molecule has 0 bridgehead atoms. The van der Waals surface area contributed by atoms with Gasteiger partial charge >= 0.3 is 0 Å². The van der Waals surface area contributed by atoms with Crippen molar-refractivity contribution < 1.29 is 18.3 Å². The first kappa shape index (κ1) is 20.9. The van der Waals surface area contributed by atoms with Crippen LogP contribution < -0.4 is 4.90 Å². The minimum absolute atomic E-state index is 0.0430. The zero-order chi connectivity index (χ0) is 20.3. The zero-order valence-electron chi connectivity index (χ0n) is 16.7. The van der Waals surface area contributed by atoms with E-state index in [4.69, 9.17) is 4.74 Å². The van der Waals surface area contributed by atoms with Crippen molar-refractivity contribution in [1.29, 1.82) is 0 Å². The standard InChI is InChI=1S/C18H29N5O4S/c1-4-23(13(2)10-28(3,25)26)18-16-17(19-11-20-18)22(12-21-16)7-15(8-24)14-5-6-27-9-14/h11-15,24H,4-10H2,1-3H3. The van der Waals surface area contributed by atoms with E-state index in [2.05, 4.69) is 15.0 Å². The highest BCUT2D eigenvalue weighted by molar-refractivity contribution is 7.90. The number of anilines is 1. The predicted molar refractivity (Wildman–Crippen MR) is 107 cm³/mol. The van der Waals surface area contributed by atoms with E-state index in [0.717, 1.165) is 13.0 Å². The molecular weight excluding hydrogens is 382 g/mol. The highest BCUT2D eigenvalue weighted by atomic mass is 32.2. The van der Waals surface area contributed by atoms with Gasteiger partial charge in [-0.05, 0) is 26.2 Å². The molecule has 0 spiro atoms. The second kappa shape index (κ2) is 8.71. The number of aliphatic hydroxyl groups is 1. The smallest absolute Gasteiger partial charge is 0.165 e. The summed E-state index contributed by atoms with van der Waals surface area (Å²) in [6, 6.07) is -0.232. The Kier molecular flexibility index (Phi) is 6.51. The minimum Gasteiger partial charge on any atom is -0.396 e. The normalized spacial score (nSPS) is 19.8. The maximum atomic E-state index is 11.7. The van der Waals surface area contributed by atoms with Crippen molar-refractivity contribution in [3.05, 3.63) is 12.7 Å². The third-order valence-corrected chi connectivity index (χ3v) is 6.46. The van der Waals surface area contributed by atoms with Crippen molar-refractivity contribution in [2.45, 2.75) is 32.9 Å². The summed E-state index contributed by atoms with van der Waals surface area (Å²) in [4.78, 5) is 15.2. The molecule has 3 atom stereocenters. The molecule has 1 aliphatic rings. The average Bonchev–Trinajstić information content (AvgIpc) is 3.29. The van der Waals surface area contributed by atoms with Crippen LogP contribution in [0.5, 0.6) is 0 Å². The molecule has 9 nitrogen and oxygen atoms in total. The Bertz CT molecular complexity index is 895. The van der Waals surface area contributed by atoms with Crippen LogP contribution in [-0.4, -0.2) is 77.5 Å². The summed E-state index contributed by atoms with van der Waals surface area (Å²) in [6.45, 7) is 6.53. The molecule has 0 radical (unpaired) electrons. The summed E-state index contributed by atoms with van der Waals surface area (Å²) >= 11 is 0. The van der Waals surface area contributed by atoms with Crippen LogP contribution >= 0.6 is 0 Å². The van der Waals surface area contributed by atoms with Gasteiger partial charge in [-0.3, -0.25) is 0 Å². The summed E-state index contributed by atoms with van der Waals surface area (Å²) in [7, 11) is -3.11. The molecule has 0 saturated carbocycles. The fraction of sp³-hybridized carbons (Fsp3) is 0.722. The number of aromatic nitrogens is 4. The molecule has 1 saturated heterocycles. The second-order valence-electron chi connectivity index (χ2n) is 7.56. The SMILES string of the molecule is CCN(c1ncnc2c1ncn2CC(CO)C1CCOC1)C(C)CS(C)(=O)=O. The van der Waals surface area contributed by atoms with Crippen molar-refractivity contribution in [3.8, 4) is 0 Å². The van der Waals surface area contributed by atoms with Crippen LogP contribution in [-0.2, 0) is 21.1 Å². The molecule has 0 amide bonds. The Balaban J connectivity index is 1.89. The van der Waals surface area contributed by atoms with Crippen LogP contribution in [0.15, 0.2) is 12.7 Å². The lowest BCUT2D eigenvalue weighted by Crippen LogP contribution is -2.38. The van der Waals surface area contributed by atoms with Crippen molar-refractivity contribution in [2.75, 3.05) is 43.3 Å². The van der Waals surface area contributed by atoms with E-state index in [-0.39, 0.29) is 24.3 Å². The van der Waals surface area contributed by atoms with E-state index in [1.165, 1.54) is 12.6 Å². The summed E-state index contributed by atoms with van der Waals surface area (Å²) < 4.78 is 30.9. The number of hydrogen-bond acceptors (Lipinski definition) is 8. The van der Waals surface area contributed by atoms with Gasteiger partial charge in [0.1, 0.15) is 16.2 Å². The summed E-state index contributed by atoms with van der Waals surface area (Å²) in [5.41, 5.74) is 1.33. The van der Waals surface area contributed by atoms with Gasteiger partial charge in [-0.25, -0.2) is 23.4 Å². The van der Waals surface area contributed by atoms with Crippen LogP contribution in [0.3, 0.4) is 0 Å². The highest BCUT2D eigenvalue weighted by Crippen LogP contribution is 2.27. The van der Waals surface area contributed by atoms with E-state index in [0.29, 0.717) is 42.6 Å². The molecule has 1 aliphatic heterocycles. The van der Waals surface area contributed by atoms with Gasteiger partial charge in [0.05, 0.1) is 12.1 Å². The van der Waals surface area contributed by atoms with Crippen molar-refractivity contribution >= 4 is 26.8 Å². The Morgan fingerprint density at radius 3 is 2.79 bits per heavy atom. The van der Waals surface area contributed by atoms with Crippen LogP contribution in [0.4, 0.5) is 5.82 Å². The first-order valence-electron chi connectivity index (χ1n) is 9.62. The number of rotatable bonds is 9. The Labute approximate surface area is 165 Å². The first-order chi connectivity index (χ1) is 13.3. The van der Waals surface area contributed by atoms with Crippen molar-refractivity contribution in [3.63, 3.8) is 0 Å². The van der Waals surface area contributed by atoms with Crippen LogP contribution in [0.2, 0.25) is 0 Å². The molecule has 10 heteroatoms. The molecule has 2 aromatic rings. The number of nitrogens with zero attached hydrogens (tertiary/aromatic N) is 5. The summed E-state index contributed by atoms with van der Waals surface area (Å²) in [5, 5.41) is 9.83. The third kappa shape index (κ3) is 4.61. The largest absolute Gasteiger partial charge is 0.396 e. The van der Waals surface area contributed by atoms with Gasteiger partial charge in [0.15, 0.2) is 17.0 Å². The van der Waals surface area contributed by atoms with Gasteiger partial charge in [-0.2, -0.15) is 0 Å². The number of fused-ring (bicyclic) bond motifs is 1. The van der Waals surface area contributed by atoms with E-state index >= 15 is 0 Å². The molecular formula is C18H29N5O4S. The first-order valence-corrected chi connectivity index (χ1v) is 11.7. The Morgan fingerprint density at radius 1 is 1.39 bits per heavy atom. The molecule has 0 aliphatic carbocycles. The minimum atomic E-state index is -3.11. The molecule has 3 heterocycles. The average molecular weight is 412 g/mol. The number of hydrogen-bond donors (Lipinski definition) is 1. The monoisotopic (exact) mass is 411 g/mol. The summed E-state index contributed by atoms with van der Waals surface area (Å²) in [5.74, 6) is 1.07. The highest BCUT2D eigenvalue weighted by Gasteiger charge is 2.27. The number of aliphatic hydroxyl groups excluding tert-OH is 1. The van der Waals surface area contributed by atoms with Gasteiger partial charge < -0.3 is 19.3 Å². The lowest BCUT2D eigenvalue weighted by Gasteiger charge is -2.28. The van der Waals surface area contributed by atoms with Gasteiger partial charge in [0, 0.05) is 51.1 Å².